The highest BCUT2D eigenvalue weighted by Crippen LogP contribution is 2.23. The van der Waals surface area contributed by atoms with Crippen molar-refractivity contribution in [3.05, 3.63) is 0 Å². The Labute approximate surface area is 94.2 Å². The molecule has 0 amide bonds. The molecule has 0 radical (unpaired) electrons. The molecule has 2 N–H and O–H groups in total. The van der Waals surface area contributed by atoms with Crippen LogP contribution in [0.25, 0.3) is 0 Å². The van der Waals surface area contributed by atoms with Crippen LogP contribution in [0.15, 0.2) is 0 Å². The van der Waals surface area contributed by atoms with Crippen LogP contribution in [-0.4, -0.2) is 38.0 Å². The predicted octanol–water partition coefficient (Wildman–Crippen LogP) is 1.80. The van der Waals surface area contributed by atoms with Crippen molar-refractivity contribution in [2.24, 2.45) is 5.92 Å². The third-order valence-corrected chi connectivity index (χ3v) is 2.73. The Morgan fingerprint density at radius 1 is 1.20 bits per heavy atom. The van der Waals surface area contributed by atoms with Crippen LogP contribution in [0, 0.1) is 5.92 Å². The Morgan fingerprint density at radius 3 is 2.33 bits per heavy atom. The van der Waals surface area contributed by atoms with Gasteiger partial charge in [0.15, 0.2) is 0 Å². The molecule has 0 aromatic carbocycles. The van der Waals surface area contributed by atoms with Crippen molar-refractivity contribution in [1.82, 2.24) is 5.32 Å². The largest absolute Gasteiger partial charge is 0.393 e. The van der Waals surface area contributed by atoms with Gasteiger partial charge in [0.25, 0.3) is 0 Å². The summed E-state index contributed by atoms with van der Waals surface area (Å²) in [5.74, 6) is 0.764. The van der Waals surface area contributed by atoms with E-state index >= 15 is 0 Å². The molecule has 0 saturated heterocycles. The minimum Gasteiger partial charge on any atom is -0.393 e. The summed E-state index contributed by atoms with van der Waals surface area (Å²) >= 11 is 0. The van der Waals surface area contributed by atoms with Crippen LogP contribution in [0.1, 0.15) is 39.5 Å². The maximum Gasteiger partial charge on any atom is 0.0587 e. The zero-order chi connectivity index (χ0) is 11.5. The molecule has 1 aliphatic carbocycles. The second-order valence-corrected chi connectivity index (χ2v) is 3.87. The van der Waals surface area contributed by atoms with E-state index in [-0.39, 0.29) is 6.10 Å². The van der Waals surface area contributed by atoms with Crippen molar-refractivity contribution in [3.8, 4) is 0 Å². The standard InChI is InChI=1S/C10H21NO2.C2H6/c1-13-7-6-11-8-9-2-4-10(12)5-3-9;1-2/h9-12H,2-8H2,1H3;1-2H3. The van der Waals surface area contributed by atoms with Crippen LogP contribution in [0.4, 0.5) is 0 Å². The maximum atomic E-state index is 9.30. The molecular weight excluding hydrogens is 190 g/mol. The van der Waals surface area contributed by atoms with Gasteiger partial charge in [-0.1, -0.05) is 13.8 Å². The average molecular weight is 217 g/mol. The van der Waals surface area contributed by atoms with Crippen molar-refractivity contribution < 1.29 is 9.84 Å². The molecule has 0 aromatic rings. The van der Waals surface area contributed by atoms with Gasteiger partial charge in [0.05, 0.1) is 12.7 Å². The van der Waals surface area contributed by atoms with E-state index in [2.05, 4.69) is 5.32 Å². The van der Waals surface area contributed by atoms with Gasteiger partial charge < -0.3 is 15.2 Å². The summed E-state index contributed by atoms with van der Waals surface area (Å²) in [6.45, 7) is 6.81. The van der Waals surface area contributed by atoms with E-state index in [9.17, 15) is 5.11 Å². The summed E-state index contributed by atoms with van der Waals surface area (Å²) in [5.41, 5.74) is 0. The summed E-state index contributed by atoms with van der Waals surface area (Å²) in [4.78, 5) is 0. The van der Waals surface area contributed by atoms with Gasteiger partial charge in [-0.3, -0.25) is 0 Å². The Kier molecular flexibility index (Phi) is 10.3. The lowest BCUT2D eigenvalue weighted by Crippen LogP contribution is -2.29. The number of ether oxygens (including phenoxy) is 1. The highest BCUT2D eigenvalue weighted by atomic mass is 16.5. The minimum atomic E-state index is -0.0322. The zero-order valence-corrected chi connectivity index (χ0v) is 10.5. The van der Waals surface area contributed by atoms with Crippen molar-refractivity contribution >= 4 is 0 Å². The molecule has 0 heterocycles. The van der Waals surface area contributed by atoms with Crippen molar-refractivity contribution in [2.45, 2.75) is 45.6 Å². The van der Waals surface area contributed by atoms with Gasteiger partial charge in [-0.2, -0.15) is 0 Å². The summed E-state index contributed by atoms with van der Waals surface area (Å²) < 4.78 is 4.95. The maximum absolute atomic E-state index is 9.30. The number of nitrogens with one attached hydrogen (secondary N) is 1. The van der Waals surface area contributed by atoms with Gasteiger partial charge in [-0.25, -0.2) is 0 Å². The highest BCUT2D eigenvalue weighted by Gasteiger charge is 2.18. The normalized spacial score (nSPS) is 25.6. The smallest absolute Gasteiger partial charge is 0.0587 e. The summed E-state index contributed by atoms with van der Waals surface area (Å²) in [6.07, 6.45) is 4.27. The number of hydrogen-bond acceptors (Lipinski definition) is 3. The number of rotatable bonds is 5. The average Bonchev–Trinajstić information content (AvgIpc) is 2.30. The van der Waals surface area contributed by atoms with E-state index in [0.29, 0.717) is 0 Å². The fraction of sp³-hybridized carbons (Fsp3) is 1.00. The monoisotopic (exact) mass is 217 g/mol. The van der Waals surface area contributed by atoms with Crippen molar-refractivity contribution in [3.63, 3.8) is 0 Å². The highest BCUT2D eigenvalue weighted by molar-refractivity contribution is 4.72. The second-order valence-electron chi connectivity index (χ2n) is 3.87. The summed E-state index contributed by atoms with van der Waals surface area (Å²) in [7, 11) is 1.72. The van der Waals surface area contributed by atoms with E-state index in [0.717, 1.165) is 38.5 Å². The lowest BCUT2D eigenvalue weighted by atomic mass is 9.87. The molecule has 0 aromatic heterocycles. The Balaban J connectivity index is 0.000000921. The topological polar surface area (TPSA) is 41.5 Å². The number of methoxy groups -OCH3 is 1. The molecule has 0 unspecified atom stereocenters. The first-order chi connectivity index (χ1) is 7.33. The lowest BCUT2D eigenvalue weighted by Gasteiger charge is -2.25. The molecule has 1 saturated carbocycles. The molecule has 92 valence electrons. The van der Waals surface area contributed by atoms with E-state index in [4.69, 9.17) is 4.74 Å². The van der Waals surface area contributed by atoms with Gasteiger partial charge in [0, 0.05) is 13.7 Å². The van der Waals surface area contributed by atoms with Gasteiger partial charge >= 0.3 is 0 Å². The number of aliphatic hydroxyl groups excluding tert-OH is 1. The molecule has 0 aliphatic heterocycles. The molecule has 15 heavy (non-hydrogen) atoms. The molecule has 1 rings (SSSR count). The second kappa shape index (κ2) is 10.4. The molecule has 3 heteroatoms. The van der Waals surface area contributed by atoms with Gasteiger partial charge in [-0.15, -0.1) is 0 Å². The Morgan fingerprint density at radius 2 is 1.80 bits per heavy atom. The minimum absolute atomic E-state index is 0.0322. The van der Waals surface area contributed by atoms with E-state index in [1.807, 2.05) is 13.8 Å². The van der Waals surface area contributed by atoms with Crippen LogP contribution in [-0.2, 0) is 4.74 Å². The van der Waals surface area contributed by atoms with Crippen molar-refractivity contribution in [2.75, 3.05) is 26.8 Å². The first kappa shape index (κ1) is 14.9. The molecule has 0 atom stereocenters. The summed E-state index contributed by atoms with van der Waals surface area (Å²) in [5, 5.41) is 12.7. The first-order valence-corrected chi connectivity index (χ1v) is 6.20. The van der Waals surface area contributed by atoms with Crippen molar-refractivity contribution in [1.29, 1.82) is 0 Å². The van der Waals surface area contributed by atoms with Gasteiger partial charge in [-0.05, 0) is 38.1 Å². The van der Waals surface area contributed by atoms with Crippen LogP contribution >= 0.6 is 0 Å². The molecular formula is C12H27NO2. The molecule has 1 fully saturated rings. The summed E-state index contributed by atoms with van der Waals surface area (Å²) in [6, 6.07) is 0. The lowest BCUT2D eigenvalue weighted by molar-refractivity contribution is 0.107. The van der Waals surface area contributed by atoms with E-state index in [1.54, 1.807) is 7.11 Å². The SMILES string of the molecule is CC.COCCNCC1CCC(O)CC1. The molecule has 0 bridgehead atoms. The van der Waals surface area contributed by atoms with Crippen LogP contribution in [0.3, 0.4) is 0 Å². The van der Waals surface area contributed by atoms with Gasteiger partial charge in [0.1, 0.15) is 0 Å². The quantitative estimate of drug-likeness (QED) is 0.690. The van der Waals surface area contributed by atoms with Gasteiger partial charge in [0.2, 0.25) is 0 Å². The fourth-order valence-corrected chi connectivity index (χ4v) is 1.83. The Bertz CT molecular complexity index is 123. The van der Waals surface area contributed by atoms with Crippen LogP contribution in [0.5, 0.6) is 0 Å². The number of hydrogen-bond donors (Lipinski definition) is 2. The zero-order valence-electron chi connectivity index (χ0n) is 10.5. The third kappa shape index (κ3) is 7.77. The van der Waals surface area contributed by atoms with E-state index in [1.165, 1.54) is 12.8 Å². The molecule has 3 nitrogen and oxygen atoms in total. The third-order valence-electron chi connectivity index (χ3n) is 2.73. The predicted molar refractivity (Wildman–Crippen MR) is 64.1 cm³/mol. The molecule has 1 aliphatic rings. The molecule has 0 spiro atoms. The van der Waals surface area contributed by atoms with Crippen LogP contribution < -0.4 is 5.32 Å². The van der Waals surface area contributed by atoms with E-state index < -0.39 is 0 Å². The number of aliphatic hydroxyl groups is 1. The first-order valence-electron chi connectivity index (χ1n) is 6.20. The Hall–Kier alpha value is -0.120. The van der Waals surface area contributed by atoms with Crippen LogP contribution in [0.2, 0.25) is 0 Å². The fourth-order valence-electron chi connectivity index (χ4n) is 1.83.